The monoisotopic (exact) mass is 198 g/mol. The summed E-state index contributed by atoms with van der Waals surface area (Å²) in [5, 5.41) is 10.6. The molecule has 2 heteroatoms. The zero-order valence-corrected chi connectivity index (χ0v) is 9.33. The van der Waals surface area contributed by atoms with Gasteiger partial charge in [-0.05, 0) is 37.5 Å². The summed E-state index contributed by atoms with van der Waals surface area (Å²) in [7, 11) is 0. The number of rotatable bonds is 1. The van der Waals surface area contributed by atoms with Gasteiger partial charge in [0.25, 0.3) is 0 Å². The number of hydrogen-bond acceptors (Lipinski definition) is 2. The minimum atomic E-state index is -0.423. The predicted molar refractivity (Wildman–Crippen MR) is 56.1 cm³/mol. The van der Waals surface area contributed by atoms with Crippen molar-refractivity contribution < 1.29 is 9.84 Å². The molecule has 1 saturated heterocycles. The Hall–Kier alpha value is -0.0800. The van der Waals surface area contributed by atoms with E-state index in [2.05, 4.69) is 13.8 Å². The van der Waals surface area contributed by atoms with Crippen LogP contribution in [0.15, 0.2) is 0 Å². The lowest BCUT2D eigenvalue weighted by Gasteiger charge is -2.42. The third kappa shape index (κ3) is 1.96. The summed E-state index contributed by atoms with van der Waals surface area (Å²) in [6.07, 6.45) is 4.28. The second-order valence-electron chi connectivity index (χ2n) is 5.52. The van der Waals surface area contributed by atoms with Crippen molar-refractivity contribution >= 4 is 0 Å². The molecule has 1 heterocycles. The molecule has 14 heavy (non-hydrogen) atoms. The van der Waals surface area contributed by atoms with Crippen LogP contribution in [0.25, 0.3) is 0 Å². The van der Waals surface area contributed by atoms with Crippen molar-refractivity contribution in [2.45, 2.75) is 45.1 Å². The molecule has 82 valence electrons. The fourth-order valence-electron chi connectivity index (χ4n) is 3.44. The second-order valence-corrected chi connectivity index (χ2v) is 5.52. The van der Waals surface area contributed by atoms with E-state index in [4.69, 9.17) is 4.74 Å². The zero-order valence-electron chi connectivity index (χ0n) is 9.33. The van der Waals surface area contributed by atoms with E-state index in [0.717, 1.165) is 32.5 Å². The van der Waals surface area contributed by atoms with Crippen LogP contribution in [0, 0.1) is 17.8 Å². The third-order valence-electron chi connectivity index (χ3n) is 3.90. The number of hydrogen-bond donors (Lipinski definition) is 1. The number of ether oxygens (including phenoxy) is 1. The summed E-state index contributed by atoms with van der Waals surface area (Å²) in [5.41, 5.74) is -0.423. The van der Waals surface area contributed by atoms with Crippen LogP contribution in [-0.2, 0) is 4.74 Å². The Labute approximate surface area is 86.6 Å². The van der Waals surface area contributed by atoms with E-state index < -0.39 is 5.60 Å². The molecule has 3 atom stereocenters. The summed E-state index contributed by atoms with van der Waals surface area (Å²) in [5.74, 6) is 1.74. The van der Waals surface area contributed by atoms with Gasteiger partial charge in [-0.15, -0.1) is 0 Å². The average molecular weight is 198 g/mol. The highest BCUT2D eigenvalue weighted by atomic mass is 16.5. The molecular formula is C12H22O2. The first-order valence-corrected chi connectivity index (χ1v) is 5.90. The van der Waals surface area contributed by atoms with Crippen molar-refractivity contribution in [3.8, 4) is 0 Å². The molecule has 0 spiro atoms. The average Bonchev–Trinajstić information content (AvgIpc) is 2.52. The van der Waals surface area contributed by atoms with Gasteiger partial charge < -0.3 is 9.84 Å². The molecular weight excluding hydrogens is 176 g/mol. The van der Waals surface area contributed by atoms with E-state index in [1.807, 2.05) is 0 Å². The fourth-order valence-corrected chi connectivity index (χ4v) is 3.44. The quantitative estimate of drug-likeness (QED) is 0.700. The first-order chi connectivity index (χ1) is 6.60. The Bertz CT molecular complexity index is 186. The molecule has 1 N–H and O–H groups in total. The molecule has 0 aromatic heterocycles. The van der Waals surface area contributed by atoms with Crippen molar-refractivity contribution in [1.82, 2.24) is 0 Å². The summed E-state index contributed by atoms with van der Waals surface area (Å²) in [6.45, 7) is 6.14. The summed E-state index contributed by atoms with van der Waals surface area (Å²) in [4.78, 5) is 0. The SMILES string of the molecule is CC1CC(C)CC(O)(C2CCOC2)C1. The van der Waals surface area contributed by atoms with Gasteiger partial charge in [-0.1, -0.05) is 13.8 Å². The standard InChI is InChI=1S/C12H22O2/c1-9-5-10(2)7-12(13,6-9)11-3-4-14-8-11/h9-11,13H,3-8H2,1-2H3. The summed E-state index contributed by atoms with van der Waals surface area (Å²) >= 11 is 0. The van der Waals surface area contributed by atoms with Crippen LogP contribution in [0.1, 0.15) is 39.5 Å². The van der Waals surface area contributed by atoms with Gasteiger partial charge in [0.1, 0.15) is 0 Å². The Balaban J connectivity index is 2.05. The first kappa shape index (κ1) is 10.4. The normalized spacial score (nSPS) is 49.5. The molecule has 0 bridgehead atoms. The van der Waals surface area contributed by atoms with Gasteiger partial charge >= 0.3 is 0 Å². The maximum absolute atomic E-state index is 10.6. The fraction of sp³-hybridized carbons (Fsp3) is 1.00. The van der Waals surface area contributed by atoms with Crippen molar-refractivity contribution in [1.29, 1.82) is 0 Å². The summed E-state index contributed by atoms with van der Waals surface area (Å²) in [6, 6.07) is 0. The van der Waals surface area contributed by atoms with E-state index in [9.17, 15) is 5.11 Å². The molecule has 1 aliphatic carbocycles. The van der Waals surface area contributed by atoms with Gasteiger partial charge in [-0.25, -0.2) is 0 Å². The van der Waals surface area contributed by atoms with E-state index in [-0.39, 0.29) is 0 Å². The molecule has 0 aromatic rings. The maximum atomic E-state index is 10.6. The van der Waals surface area contributed by atoms with E-state index in [1.165, 1.54) is 6.42 Å². The highest BCUT2D eigenvalue weighted by Crippen LogP contribution is 2.42. The molecule has 2 fully saturated rings. The molecule has 0 amide bonds. The van der Waals surface area contributed by atoms with Crippen LogP contribution in [0.3, 0.4) is 0 Å². The first-order valence-electron chi connectivity index (χ1n) is 5.90. The second kappa shape index (κ2) is 3.82. The van der Waals surface area contributed by atoms with Crippen LogP contribution < -0.4 is 0 Å². The van der Waals surface area contributed by atoms with Crippen LogP contribution in [0.2, 0.25) is 0 Å². The lowest BCUT2D eigenvalue weighted by atomic mass is 9.68. The van der Waals surface area contributed by atoms with E-state index >= 15 is 0 Å². The molecule has 2 nitrogen and oxygen atoms in total. The van der Waals surface area contributed by atoms with Gasteiger partial charge in [0.2, 0.25) is 0 Å². The van der Waals surface area contributed by atoms with Crippen LogP contribution in [-0.4, -0.2) is 23.9 Å². The highest BCUT2D eigenvalue weighted by Gasteiger charge is 2.43. The molecule has 2 rings (SSSR count). The molecule has 0 aromatic carbocycles. The topological polar surface area (TPSA) is 29.5 Å². The minimum Gasteiger partial charge on any atom is -0.389 e. The minimum absolute atomic E-state index is 0.396. The molecule has 2 aliphatic rings. The van der Waals surface area contributed by atoms with E-state index in [1.54, 1.807) is 0 Å². The summed E-state index contributed by atoms with van der Waals surface area (Å²) < 4.78 is 5.39. The molecule has 0 radical (unpaired) electrons. The number of aliphatic hydroxyl groups is 1. The maximum Gasteiger partial charge on any atom is 0.0703 e. The van der Waals surface area contributed by atoms with Gasteiger partial charge in [-0.3, -0.25) is 0 Å². The van der Waals surface area contributed by atoms with Crippen molar-refractivity contribution in [3.63, 3.8) is 0 Å². The van der Waals surface area contributed by atoms with E-state index in [0.29, 0.717) is 17.8 Å². The molecule has 1 aliphatic heterocycles. The smallest absolute Gasteiger partial charge is 0.0703 e. The Morgan fingerprint density at radius 2 is 1.86 bits per heavy atom. The predicted octanol–water partition coefficient (Wildman–Crippen LogP) is 2.21. The van der Waals surface area contributed by atoms with Gasteiger partial charge in [0, 0.05) is 12.5 Å². The van der Waals surface area contributed by atoms with Crippen molar-refractivity contribution in [2.75, 3.05) is 13.2 Å². The van der Waals surface area contributed by atoms with Gasteiger partial charge in [-0.2, -0.15) is 0 Å². The van der Waals surface area contributed by atoms with Crippen LogP contribution in [0.4, 0.5) is 0 Å². The van der Waals surface area contributed by atoms with Crippen LogP contribution >= 0.6 is 0 Å². The Morgan fingerprint density at radius 3 is 2.36 bits per heavy atom. The Morgan fingerprint density at radius 1 is 1.21 bits per heavy atom. The molecule has 1 saturated carbocycles. The lowest BCUT2D eigenvalue weighted by Crippen LogP contribution is -2.44. The zero-order chi connectivity index (χ0) is 10.2. The largest absolute Gasteiger partial charge is 0.389 e. The lowest BCUT2D eigenvalue weighted by molar-refractivity contribution is -0.0781. The third-order valence-corrected chi connectivity index (χ3v) is 3.90. The highest BCUT2D eigenvalue weighted by molar-refractivity contribution is 4.94. The van der Waals surface area contributed by atoms with Crippen molar-refractivity contribution in [2.24, 2.45) is 17.8 Å². The van der Waals surface area contributed by atoms with Gasteiger partial charge in [0.15, 0.2) is 0 Å². The van der Waals surface area contributed by atoms with Crippen LogP contribution in [0.5, 0.6) is 0 Å². The van der Waals surface area contributed by atoms with Gasteiger partial charge in [0.05, 0.1) is 12.2 Å². The molecule has 3 unspecified atom stereocenters. The van der Waals surface area contributed by atoms with Crippen molar-refractivity contribution in [3.05, 3.63) is 0 Å². The Kier molecular flexibility index (Phi) is 2.85.